The molecule has 0 nitrogen and oxygen atoms in total. The fraction of sp³-hybridized carbons (Fsp3) is 1.00. The van der Waals surface area contributed by atoms with Gasteiger partial charge in [0, 0.05) is 0 Å². The molecule has 0 aromatic heterocycles. The van der Waals surface area contributed by atoms with Crippen LogP contribution in [0.3, 0.4) is 0 Å². The minimum atomic E-state index is 1.13. The normalized spacial score (nSPS) is 32.7. The number of rotatable bonds is 4. The van der Waals surface area contributed by atoms with E-state index >= 15 is 0 Å². The van der Waals surface area contributed by atoms with Crippen molar-refractivity contribution in [2.45, 2.75) is 46.0 Å². The zero-order valence-electron chi connectivity index (χ0n) is 6.69. The average molecular weight is 126 g/mol. The highest BCUT2D eigenvalue weighted by atomic mass is 14.4. The third kappa shape index (κ3) is 2.00. The molecular weight excluding hydrogens is 108 g/mol. The van der Waals surface area contributed by atoms with Crippen molar-refractivity contribution in [1.82, 2.24) is 0 Å². The molecule has 0 heterocycles. The summed E-state index contributed by atoms with van der Waals surface area (Å²) in [6, 6.07) is 0. The Morgan fingerprint density at radius 1 is 1.00 bits per heavy atom. The Morgan fingerprint density at radius 3 is 1.78 bits per heavy atom. The molecule has 0 amide bonds. The van der Waals surface area contributed by atoms with Gasteiger partial charge < -0.3 is 0 Å². The molecule has 1 aliphatic carbocycles. The van der Waals surface area contributed by atoms with Gasteiger partial charge in [0.2, 0.25) is 0 Å². The molecule has 0 aromatic carbocycles. The predicted molar refractivity (Wildman–Crippen MR) is 41.4 cm³/mol. The van der Waals surface area contributed by atoms with E-state index in [0.717, 1.165) is 11.8 Å². The van der Waals surface area contributed by atoms with Crippen LogP contribution in [-0.4, -0.2) is 0 Å². The molecule has 1 aliphatic rings. The summed E-state index contributed by atoms with van der Waals surface area (Å²) < 4.78 is 0. The van der Waals surface area contributed by atoms with Gasteiger partial charge in [0.1, 0.15) is 0 Å². The summed E-state index contributed by atoms with van der Waals surface area (Å²) in [5.74, 6) is 2.27. The lowest BCUT2D eigenvalue weighted by Crippen LogP contribution is -1.80. The van der Waals surface area contributed by atoms with Crippen LogP contribution in [0.5, 0.6) is 0 Å². The predicted octanol–water partition coefficient (Wildman–Crippen LogP) is 3.22. The van der Waals surface area contributed by atoms with E-state index in [1.165, 1.54) is 25.7 Å². The highest BCUT2D eigenvalue weighted by molar-refractivity contribution is 4.84. The molecule has 54 valence electrons. The molecule has 0 heteroatoms. The van der Waals surface area contributed by atoms with Crippen molar-refractivity contribution in [2.24, 2.45) is 11.8 Å². The zero-order chi connectivity index (χ0) is 6.69. The molecule has 9 heavy (non-hydrogen) atoms. The van der Waals surface area contributed by atoms with E-state index in [1.807, 2.05) is 0 Å². The highest BCUT2D eigenvalue weighted by Gasteiger charge is 2.34. The van der Waals surface area contributed by atoms with E-state index in [2.05, 4.69) is 13.8 Å². The second-order valence-corrected chi connectivity index (χ2v) is 3.33. The van der Waals surface area contributed by atoms with Gasteiger partial charge in [0.25, 0.3) is 0 Å². The molecule has 0 aromatic rings. The van der Waals surface area contributed by atoms with Crippen molar-refractivity contribution in [3.63, 3.8) is 0 Å². The summed E-state index contributed by atoms with van der Waals surface area (Å²) in [6.45, 7) is 4.59. The van der Waals surface area contributed by atoms with Crippen LogP contribution in [0, 0.1) is 11.8 Å². The van der Waals surface area contributed by atoms with Crippen molar-refractivity contribution < 1.29 is 0 Å². The van der Waals surface area contributed by atoms with Gasteiger partial charge in [-0.2, -0.15) is 0 Å². The molecule has 0 spiro atoms. The first-order chi connectivity index (χ1) is 4.38. The van der Waals surface area contributed by atoms with Crippen LogP contribution in [0.1, 0.15) is 46.0 Å². The monoisotopic (exact) mass is 126 g/mol. The second kappa shape index (κ2) is 3.24. The van der Waals surface area contributed by atoms with E-state index in [9.17, 15) is 0 Å². The largest absolute Gasteiger partial charge is 0.0654 e. The van der Waals surface area contributed by atoms with Crippen molar-refractivity contribution in [3.8, 4) is 0 Å². The summed E-state index contributed by atoms with van der Waals surface area (Å²) >= 11 is 0. The first kappa shape index (κ1) is 7.11. The van der Waals surface area contributed by atoms with Gasteiger partial charge in [-0.15, -0.1) is 0 Å². The molecule has 1 saturated carbocycles. The molecule has 0 saturated heterocycles. The van der Waals surface area contributed by atoms with E-state index in [1.54, 1.807) is 6.42 Å². The van der Waals surface area contributed by atoms with E-state index in [0.29, 0.717) is 0 Å². The van der Waals surface area contributed by atoms with Crippen molar-refractivity contribution >= 4 is 0 Å². The second-order valence-electron chi connectivity index (χ2n) is 3.33. The van der Waals surface area contributed by atoms with Crippen molar-refractivity contribution in [2.75, 3.05) is 0 Å². The highest BCUT2D eigenvalue weighted by Crippen LogP contribution is 2.44. The summed E-state index contributed by atoms with van der Waals surface area (Å²) in [6.07, 6.45) is 7.31. The topological polar surface area (TPSA) is 0 Å². The van der Waals surface area contributed by atoms with E-state index in [4.69, 9.17) is 0 Å². The molecular formula is C9H18. The molecule has 0 aliphatic heterocycles. The molecule has 0 radical (unpaired) electrons. The number of hydrogen-bond donors (Lipinski definition) is 0. The lowest BCUT2D eigenvalue weighted by molar-refractivity contribution is 0.593. The zero-order valence-corrected chi connectivity index (χ0v) is 6.69. The molecule has 0 N–H and O–H groups in total. The summed E-state index contributed by atoms with van der Waals surface area (Å²) in [7, 11) is 0. The maximum Gasteiger partial charge on any atom is -0.0383 e. The smallest absolute Gasteiger partial charge is 0.0383 e. The molecule has 2 atom stereocenters. The van der Waals surface area contributed by atoms with Gasteiger partial charge in [-0.3, -0.25) is 0 Å². The lowest BCUT2D eigenvalue weighted by atomic mass is 10.1. The van der Waals surface area contributed by atoms with Gasteiger partial charge in [-0.25, -0.2) is 0 Å². The Hall–Kier alpha value is 0. The minimum Gasteiger partial charge on any atom is -0.0654 e. The van der Waals surface area contributed by atoms with Crippen LogP contribution in [0.15, 0.2) is 0 Å². The summed E-state index contributed by atoms with van der Waals surface area (Å²) in [4.78, 5) is 0. The molecule has 0 bridgehead atoms. The maximum absolute atomic E-state index is 2.29. The van der Waals surface area contributed by atoms with Gasteiger partial charge in [-0.1, -0.05) is 39.5 Å². The Bertz CT molecular complexity index is 66.1. The SMILES string of the molecule is CCCC1CC1CCC. The molecule has 1 fully saturated rings. The standard InChI is InChI=1S/C9H18/c1-3-5-8-7-9(8)6-4-2/h8-9H,3-7H2,1-2H3. The Morgan fingerprint density at radius 2 is 1.44 bits per heavy atom. The van der Waals surface area contributed by atoms with Gasteiger partial charge in [0.05, 0.1) is 0 Å². The van der Waals surface area contributed by atoms with Crippen molar-refractivity contribution in [3.05, 3.63) is 0 Å². The van der Waals surface area contributed by atoms with Crippen LogP contribution in [-0.2, 0) is 0 Å². The average Bonchev–Trinajstić information content (AvgIpc) is 2.50. The molecule has 1 rings (SSSR count). The molecule has 2 unspecified atom stereocenters. The van der Waals surface area contributed by atoms with Gasteiger partial charge in [0.15, 0.2) is 0 Å². The minimum absolute atomic E-state index is 1.13. The van der Waals surface area contributed by atoms with Crippen LogP contribution in [0.2, 0.25) is 0 Å². The number of hydrogen-bond acceptors (Lipinski definition) is 0. The van der Waals surface area contributed by atoms with Crippen LogP contribution < -0.4 is 0 Å². The van der Waals surface area contributed by atoms with E-state index in [-0.39, 0.29) is 0 Å². The Kier molecular flexibility index (Phi) is 2.56. The summed E-state index contributed by atoms with van der Waals surface area (Å²) in [5.41, 5.74) is 0. The van der Waals surface area contributed by atoms with Gasteiger partial charge in [-0.05, 0) is 18.3 Å². The third-order valence-corrected chi connectivity index (χ3v) is 2.39. The first-order valence-electron chi connectivity index (χ1n) is 4.38. The van der Waals surface area contributed by atoms with Gasteiger partial charge >= 0.3 is 0 Å². The van der Waals surface area contributed by atoms with Crippen molar-refractivity contribution in [1.29, 1.82) is 0 Å². The maximum atomic E-state index is 2.29. The third-order valence-electron chi connectivity index (χ3n) is 2.39. The fourth-order valence-corrected chi connectivity index (χ4v) is 1.76. The Balaban J connectivity index is 1.96. The van der Waals surface area contributed by atoms with Crippen LogP contribution in [0.25, 0.3) is 0 Å². The van der Waals surface area contributed by atoms with Crippen LogP contribution in [0.4, 0.5) is 0 Å². The fourth-order valence-electron chi connectivity index (χ4n) is 1.76. The first-order valence-corrected chi connectivity index (χ1v) is 4.38. The van der Waals surface area contributed by atoms with E-state index < -0.39 is 0 Å². The Labute approximate surface area is 58.7 Å². The quantitative estimate of drug-likeness (QED) is 0.542. The summed E-state index contributed by atoms with van der Waals surface area (Å²) in [5, 5.41) is 0. The lowest BCUT2D eigenvalue weighted by Gasteiger charge is -1.93. The van der Waals surface area contributed by atoms with Crippen LogP contribution >= 0.6 is 0 Å².